The van der Waals surface area contributed by atoms with Gasteiger partial charge in [-0.15, -0.1) is 0 Å². The topological polar surface area (TPSA) is 49.8 Å². The fourth-order valence-electron chi connectivity index (χ4n) is 2.25. The molecule has 0 radical (unpaired) electrons. The van der Waals surface area contributed by atoms with Crippen LogP contribution in [-0.2, 0) is 6.54 Å². The maximum Gasteiger partial charge on any atom is 0.224 e. The Hall–Kier alpha value is -2.95. The van der Waals surface area contributed by atoms with Crippen LogP contribution in [0.4, 0.5) is 16.2 Å². The monoisotopic (exact) mass is 308 g/mol. The summed E-state index contributed by atoms with van der Waals surface area (Å²) in [5.74, 6) is 0.980. The lowest BCUT2D eigenvalue weighted by Crippen LogP contribution is -2.05. The van der Waals surface area contributed by atoms with E-state index in [1.54, 1.807) is 13.1 Å². The van der Waals surface area contributed by atoms with E-state index in [-0.39, 0.29) is 5.82 Å². The van der Waals surface area contributed by atoms with Gasteiger partial charge in [0.05, 0.1) is 5.69 Å². The lowest BCUT2D eigenvalue weighted by atomic mass is 10.1. The van der Waals surface area contributed by atoms with E-state index in [0.717, 1.165) is 16.8 Å². The van der Waals surface area contributed by atoms with Crippen molar-refractivity contribution in [3.8, 4) is 11.3 Å². The highest BCUT2D eigenvalue weighted by Crippen LogP contribution is 2.21. The third kappa shape index (κ3) is 3.83. The van der Waals surface area contributed by atoms with Crippen LogP contribution in [0.1, 0.15) is 5.56 Å². The highest BCUT2D eigenvalue weighted by Gasteiger charge is 2.06. The summed E-state index contributed by atoms with van der Waals surface area (Å²) in [4.78, 5) is 8.86. The number of halogens is 1. The molecule has 0 atom stereocenters. The van der Waals surface area contributed by atoms with E-state index in [1.165, 1.54) is 12.1 Å². The van der Waals surface area contributed by atoms with Crippen LogP contribution >= 0.6 is 0 Å². The third-order valence-corrected chi connectivity index (χ3v) is 3.38. The number of nitrogens with one attached hydrogen (secondary N) is 2. The summed E-state index contributed by atoms with van der Waals surface area (Å²) < 4.78 is 13.2. The minimum atomic E-state index is -0.243. The predicted molar refractivity (Wildman–Crippen MR) is 90.7 cm³/mol. The Kier molecular flexibility index (Phi) is 4.47. The Morgan fingerprint density at radius 1 is 0.957 bits per heavy atom. The molecule has 3 rings (SSSR count). The second-order valence-corrected chi connectivity index (χ2v) is 5.06. The Balaban J connectivity index is 1.84. The van der Waals surface area contributed by atoms with Gasteiger partial charge < -0.3 is 10.6 Å². The molecule has 5 heteroatoms. The summed E-state index contributed by atoms with van der Waals surface area (Å²) in [5.41, 5.74) is 2.70. The lowest BCUT2D eigenvalue weighted by molar-refractivity contribution is 0.626. The smallest absolute Gasteiger partial charge is 0.224 e. The summed E-state index contributed by atoms with van der Waals surface area (Å²) in [5, 5.41) is 6.18. The molecule has 116 valence electrons. The van der Waals surface area contributed by atoms with Gasteiger partial charge in [-0.1, -0.05) is 42.5 Å². The van der Waals surface area contributed by atoms with Crippen molar-refractivity contribution in [3.05, 3.63) is 72.0 Å². The van der Waals surface area contributed by atoms with Gasteiger partial charge in [-0.3, -0.25) is 0 Å². The molecule has 0 unspecified atom stereocenters. The molecule has 0 spiro atoms. The Morgan fingerprint density at radius 2 is 1.78 bits per heavy atom. The van der Waals surface area contributed by atoms with Crippen molar-refractivity contribution in [2.75, 3.05) is 17.7 Å². The Labute approximate surface area is 134 Å². The van der Waals surface area contributed by atoms with E-state index in [2.05, 4.69) is 20.6 Å². The molecule has 0 bridgehead atoms. The average molecular weight is 308 g/mol. The standard InChI is InChI=1S/C18H17FN4/c1-20-18-22-16(14-7-3-2-4-8-14)11-17(23-18)21-12-13-6-5-9-15(19)10-13/h2-11H,12H2,1H3,(H2,20,21,22,23). The second-order valence-electron chi connectivity index (χ2n) is 5.06. The van der Waals surface area contributed by atoms with Crippen LogP contribution < -0.4 is 10.6 Å². The van der Waals surface area contributed by atoms with Crippen LogP contribution in [0.15, 0.2) is 60.7 Å². The predicted octanol–water partition coefficient (Wildman–Crippen LogP) is 3.94. The van der Waals surface area contributed by atoms with Crippen LogP contribution in [0.3, 0.4) is 0 Å². The van der Waals surface area contributed by atoms with Gasteiger partial charge in [-0.25, -0.2) is 9.37 Å². The molecule has 4 nitrogen and oxygen atoms in total. The minimum absolute atomic E-state index is 0.243. The molecule has 1 aromatic heterocycles. The number of nitrogens with zero attached hydrogens (tertiary/aromatic N) is 2. The quantitative estimate of drug-likeness (QED) is 0.749. The zero-order valence-corrected chi connectivity index (χ0v) is 12.8. The molecule has 23 heavy (non-hydrogen) atoms. The lowest BCUT2D eigenvalue weighted by Gasteiger charge is -2.10. The molecule has 0 fully saturated rings. The molecule has 0 aliphatic rings. The fraction of sp³-hybridized carbons (Fsp3) is 0.111. The first kappa shape index (κ1) is 15.0. The maximum absolute atomic E-state index is 13.2. The zero-order chi connectivity index (χ0) is 16.1. The summed E-state index contributed by atoms with van der Waals surface area (Å²) >= 11 is 0. The van der Waals surface area contributed by atoms with Gasteiger partial charge in [0.15, 0.2) is 0 Å². The van der Waals surface area contributed by atoms with Crippen molar-refractivity contribution in [1.29, 1.82) is 0 Å². The largest absolute Gasteiger partial charge is 0.366 e. The molecule has 3 aromatic rings. The van der Waals surface area contributed by atoms with E-state index in [4.69, 9.17) is 0 Å². The number of rotatable bonds is 5. The summed E-state index contributed by atoms with van der Waals surface area (Å²) in [7, 11) is 1.78. The summed E-state index contributed by atoms with van der Waals surface area (Å²) in [6.45, 7) is 0.492. The number of hydrogen-bond acceptors (Lipinski definition) is 4. The van der Waals surface area contributed by atoms with Gasteiger partial charge in [0.25, 0.3) is 0 Å². The van der Waals surface area contributed by atoms with Crippen molar-refractivity contribution in [2.45, 2.75) is 6.54 Å². The summed E-state index contributed by atoms with van der Waals surface area (Å²) in [6.07, 6.45) is 0. The molecule has 0 saturated heterocycles. The van der Waals surface area contributed by atoms with Gasteiger partial charge in [0.2, 0.25) is 5.95 Å². The van der Waals surface area contributed by atoms with E-state index < -0.39 is 0 Å². The van der Waals surface area contributed by atoms with Gasteiger partial charge in [-0.2, -0.15) is 4.98 Å². The maximum atomic E-state index is 13.2. The van der Waals surface area contributed by atoms with Gasteiger partial charge in [0.1, 0.15) is 11.6 Å². The average Bonchev–Trinajstić information content (AvgIpc) is 2.60. The van der Waals surface area contributed by atoms with Gasteiger partial charge >= 0.3 is 0 Å². The molecule has 0 amide bonds. The van der Waals surface area contributed by atoms with Crippen LogP contribution in [-0.4, -0.2) is 17.0 Å². The van der Waals surface area contributed by atoms with Crippen molar-refractivity contribution in [2.24, 2.45) is 0 Å². The van der Waals surface area contributed by atoms with Crippen LogP contribution in [0.25, 0.3) is 11.3 Å². The van der Waals surface area contributed by atoms with Crippen molar-refractivity contribution >= 4 is 11.8 Å². The molecule has 0 saturated carbocycles. The first-order valence-corrected chi connectivity index (χ1v) is 7.35. The molecule has 0 aliphatic carbocycles. The highest BCUT2D eigenvalue weighted by atomic mass is 19.1. The van der Waals surface area contributed by atoms with Crippen LogP contribution in [0.5, 0.6) is 0 Å². The highest BCUT2D eigenvalue weighted by molar-refractivity contribution is 5.64. The number of aromatic nitrogens is 2. The minimum Gasteiger partial charge on any atom is -0.366 e. The molecule has 0 aliphatic heterocycles. The molecular weight excluding hydrogens is 291 g/mol. The number of benzene rings is 2. The second kappa shape index (κ2) is 6.87. The van der Waals surface area contributed by atoms with Gasteiger partial charge in [-0.05, 0) is 17.7 Å². The number of anilines is 2. The molecule has 2 N–H and O–H groups in total. The third-order valence-electron chi connectivity index (χ3n) is 3.38. The molecular formula is C18H17FN4. The fourth-order valence-corrected chi connectivity index (χ4v) is 2.25. The van der Waals surface area contributed by atoms with Crippen molar-refractivity contribution in [3.63, 3.8) is 0 Å². The van der Waals surface area contributed by atoms with Crippen molar-refractivity contribution in [1.82, 2.24) is 9.97 Å². The molecule has 1 heterocycles. The van der Waals surface area contributed by atoms with Crippen LogP contribution in [0.2, 0.25) is 0 Å². The van der Waals surface area contributed by atoms with E-state index >= 15 is 0 Å². The first-order valence-electron chi connectivity index (χ1n) is 7.35. The Bertz CT molecular complexity index is 790. The van der Waals surface area contributed by atoms with Gasteiger partial charge in [0, 0.05) is 25.2 Å². The van der Waals surface area contributed by atoms with E-state index in [1.807, 2.05) is 42.5 Å². The molecule has 2 aromatic carbocycles. The normalized spacial score (nSPS) is 10.3. The van der Waals surface area contributed by atoms with E-state index in [9.17, 15) is 4.39 Å². The van der Waals surface area contributed by atoms with Crippen molar-refractivity contribution < 1.29 is 4.39 Å². The zero-order valence-electron chi connectivity index (χ0n) is 12.8. The van der Waals surface area contributed by atoms with Crippen LogP contribution in [0, 0.1) is 5.82 Å². The van der Waals surface area contributed by atoms with E-state index in [0.29, 0.717) is 18.3 Å². The Morgan fingerprint density at radius 3 is 2.52 bits per heavy atom. The summed E-state index contributed by atoms with van der Waals surface area (Å²) in [6, 6.07) is 18.3. The first-order chi connectivity index (χ1) is 11.2. The SMILES string of the molecule is CNc1nc(NCc2cccc(F)c2)cc(-c2ccccc2)n1. The number of hydrogen-bond donors (Lipinski definition) is 2.